The molecule has 2 N–H and O–H groups in total. The molecule has 2 aliphatic carbocycles. The molecule has 0 spiro atoms. The Morgan fingerprint density at radius 1 is 1.00 bits per heavy atom. The highest BCUT2D eigenvalue weighted by atomic mass is 16.5. The molecule has 0 unspecified atom stereocenters. The van der Waals surface area contributed by atoms with E-state index in [4.69, 9.17) is 4.74 Å². The number of aliphatic carboxylic acids is 1. The summed E-state index contributed by atoms with van der Waals surface area (Å²) in [4.78, 5) is 23.9. The van der Waals surface area contributed by atoms with Gasteiger partial charge in [0.25, 0.3) is 0 Å². The zero-order chi connectivity index (χ0) is 20.2. The molecule has 4 rings (SSSR count). The van der Waals surface area contributed by atoms with E-state index in [-0.39, 0.29) is 12.5 Å². The van der Waals surface area contributed by atoms with Crippen LogP contribution in [0.3, 0.4) is 0 Å². The van der Waals surface area contributed by atoms with E-state index < -0.39 is 18.1 Å². The maximum absolute atomic E-state index is 12.3. The van der Waals surface area contributed by atoms with E-state index in [1.165, 1.54) is 12.8 Å². The van der Waals surface area contributed by atoms with E-state index in [0.29, 0.717) is 12.3 Å². The van der Waals surface area contributed by atoms with Gasteiger partial charge in [0.05, 0.1) is 0 Å². The van der Waals surface area contributed by atoms with E-state index in [0.717, 1.165) is 41.5 Å². The first-order chi connectivity index (χ1) is 14.1. The molecule has 2 aromatic carbocycles. The highest BCUT2D eigenvalue weighted by Crippen LogP contribution is 2.44. The molecule has 2 aliphatic rings. The van der Waals surface area contributed by atoms with Crippen LogP contribution in [0.5, 0.6) is 0 Å². The molecule has 2 aromatic rings. The van der Waals surface area contributed by atoms with E-state index in [2.05, 4.69) is 29.6 Å². The van der Waals surface area contributed by atoms with Crippen LogP contribution in [0.15, 0.2) is 48.5 Å². The second kappa shape index (κ2) is 8.68. The Labute approximate surface area is 171 Å². The van der Waals surface area contributed by atoms with Gasteiger partial charge in [0.15, 0.2) is 0 Å². The number of fused-ring (bicyclic) bond motifs is 3. The molecule has 29 heavy (non-hydrogen) atoms. The van der Waals surface area contributed by atoms with Gasteiger partial charge in [-0.25, -0.2) is 9.59 Å². The Bertz CT molecular complexity index is 842. The standard InChI is InChI=1S/C24H27NO4/c26-23(27)22(14-13-16-7-1-2-8-16)25-24(28)29-15-21-19-11-5-3-9-17(19)18-10-4-6-12-20(18)21/h3-6,9-12,16,21-22H,1-2,7-8,13-15H2,(H,25,28)(H,26,27)/t22-/m1/s1. The zero-order valence-corrected chi connectivity index (χ0v) is 16.5. The van der Waals surface area contributed by atoms with Gasteiger partial charge in [0, 0.05) is 5.92 Å². The highest BCUT2D eigenvalue weighted by molar-refractivity contribution is 5.81. The fourth-order valence-electron chi connectivity index (χ4n) is 4.74. The molecule has 5 nitrogen and oxygen atoms in total. The molecule has 5 heteroatoms. The predicted octanol–water partition coefficient (Wildman–Crippen LogP) is 4.95. The Hall–Kier alpha value is -2.82. The van der Waals surface area contributed by atoms with Gasteiger partial charge in [-0.05, 0) is 41.0 Å². The Morgan fingerprint density at radius 3 is 2.17 bits per heavy atom. The fraction of sp³-hybridized carbons (Fsp3) is 0.417. The number of carbonyl (C=O) groups excluding carboxylic acids is 1. The maximum atomic E-state index is 12.3. The van der Waals surface area contributed by atoms with Crippen molar-refractivity contribution in [3.05, 3.63) is 59.7 Å². The lowest BCUT2D eigenvalue weighted by atomic mass is 9.98. The van der Waals surface area contributed by atoms with Crippen LogP contribution in [0.4, 0.5) is 4.79 Å². The van der Waals surface area contributed by atoms with Crippen molar-refractivity contribution in [1.29, 1.82) is 0 Å². The third-order valence-corrected chi connectivity index (χ3v) is 6.27. The van der Waals surface area contributed by atoms with Crippen molar-refractivity contribution in [3.63, 3.8) is 0 Å². The number of amides is 1. The highest BCUT2D eigenvalue weighted by Gasteiger charge is 2.30. The van der Waals surface area contributed by atoms with Gasteiger partial charge in [-0.1, -0.05) is 74.2 Å². The van der Waals surface area contributed by atoms with Crippen LogP contribution in [-0.4, -0.2) is 29.8 Å². The fourth-order valence-corrected chi connectivity index (χ4v) is 4.74. The monoisotopic (exact) mass is 393 g/mol. The van der Waals surface area contributed by atoms with Crippen LogP contribution in [0, 0.1) is 5.92 Å². The molecule has 0 heterocycles. The number of ether oxygens (including phenoxy) is 1. The van der Waals surface area contributed by atoms with E-state index in [9.17, 15) is 14.7 Å². The smallest absolute Gasteiger partial charge is 0.407 e. The summed E-state index contributed by atoms with van der Waals surface area (Å²) in [6, 6.07) is 15.4. The van der Waals surface area contributed by atoms with Gasteiger partial charge in [0.1, 0.15) is 12.6 Å². The molecule has 1 atom stereocenters. The predicted molar refractivity (Wildman–Crippen MR) is 111 cm³/mol. The number of benzene rings is 2. The van der Waals surface area contributed by atoms with Crippen LogP contribution in [0.2, 0.25) is 0 Å². The van der Waals surface area contributed by atoms with Gasteiger partial charge in [-0.2, -0.15) is 0 Å². The van der Waals surface area contributed by atoms with E-state index >= 15 is 0 Å². The number of carboxylic acid groups (broad SMARTS) is 1. The van der Waals surface area contributed by atoms with E-state index in [1.807, 2.05) is 24.3 Å². The minimum absolute atomic E-state index is 0.0325. The van der Waals surface area contributed by atoms with Gasteiger partial charge in [0.2, 0.25) is 0 Å². The lowest BCUT2D eigenvalue weighted by Crippen LogP contribution is -2.41. The molecule has 1 amide bonds. The lowest BCUT2D eigenvalue weighted by molar-refractivity contribution is -0.139. The lowest BCUT2D eigenvalue weighted by Gasteiger charge is -2.18. The first-order valence-corrected chi connectivity index (χ1v) is 10.5. The van der Waals surface area contributed by atoms with Crippen LogP contribution < -0.4 is 5.32 Å². The second-order valence-corrected chi connectivity index (χ2v) is 8.09. The first kappa shape index (κ1) is 19.5. The number of hydrogen-bond acceptors (Lipinski definition) is 3. The summed E-state index contributed by atoms with van der Waals surface area (Å²) >= 11 is 0. The summed E-state index contributed by atoms with van der Waals surface area (Å²) in [6.45, 7) is 0.189. The average molecular weight is 393 g/mol. The van der Waals surface area contributed by atoms with E-state index in [1.54, 1.807) is 0 Å². The molecular weight excluding hydrogens is 366 g/mol. The Balaban J connectivity index is 1.37. The number of alkyl carbamates (subject to hydrolysis) is 1. The van der Waals surface area contributed by atoms with Crippen LogP contribution >= 0.6 is 0 Å². The largest absolute Gasteiger partial charge is 0.480 e. The Morgan fingerprint density at radius 2 is 1.59 bits per heavy atom. The molecule has 0 bridgehead atoms. The number of carbonyl (C=O) groups is 2. The number of rotatable bonds is 7. The SMILES string of the molecule is O=C(N[C@H](CCC1CCCC1)C(=O)O)OCC1c2ccccc2-c2ccccc21. The number of nitrogens with one attached hydrogen (secondary N) is 1. The van der Waals surface area contributed by atoms with Crippen LogP contribution in [0.25, 0.3) is 11.1 Å². The molecule has 0 aromatic heterocycles. The third-order valence-electron chi connectivity index (χ3n) is 6.27. The summed E-state index contributed by atoms with van der Waals surface area (Å²) in [6.07, 6.45) is 5.40. The second-order valence-electron chi connectivity index (χ2n) is 8.09. The maximum Gasteiger partial charge on any atom is 0.407 e. The molecule has 152 valence electrons. The van der Waals surface area contributed by atoms with Crippen molar-refractivity contribution in [2.24, 2.45) is 5.92 Å². The van der Waals surface area contributed by atoms with Gasteiger partial charge in [-0.3, -0.25) is 0 Å². The van der Waals surface area contributed by atoms with Crippen molar-refractivity contribution < 1.29 is 19.4 Å². The summed E-state index contributed by atoms with van der Waals surface area (Å²) in [5, 5.41) is 12.0. The molecule has 0 saturated heterocycles. The first-order valence-electron chi connectivity index (χ1n) is 10.5. The summed E-state index contributed by atoms with van der Waals surface area (Å²) in [5.74, 6) is -0.451. The van der Waals surface area contributed by atoms with Gasteiger partial charge >= 0.3 is 12.1 Å². The van der Waals surface area contributed by atoms with Crippen molar-refractivity contribution in [1.82, 2.24) is 5.32 Å². The van der Waals surface area contributed by atoms with Crippen molar-refractivity contribution in [2.75, 3.05) is 6.61 Å². The van der Waals surface area contributed by atoms with Crippen molar-refractivity contribution in [2.45, 2.75) is 50.5 Å². The van der Waals surface area contributed by atoms with Gasteiger partial charge in [-0.15, -0.1) is 0 Å². The molecule has 0 aliphatic heterocycles. The number of hydrogen-bond donors (Lipinski definition) is 2. The van der Waals surface area contributed by atoms with Crippen molar-refractivity contribution in [3.8, 4) is 11.1 Å². The quantitative estimate of drug-likeness (QED) is 0.698. The normalized spacial score (nSPS) is 16.8. The summed E-state index contributed by atoms with van der Waals surface area (Å²) < 4.78 is 5.48. The third kappa shape index (κ3) is 4.29. The molecular formula is C24H27NO4. The van der Waals surface area contributed by atoms with Crippen LogP contribution in [0.1, 0.15) is 55.6 Å². The molecule has 1 fully saturated rings. The van der Waals surface area contributed by atoms with Gasteiger partial charge < -0.3 is 15.2 Å². The zero-order valence-electron chi connectivity index (χ0n) is 16.5. The topological polar surface area (TPSA) is 75.6 Å². The summed E-state index contributed by atoms with van der Waals surface area (Å²) in [7, 11) is 0. The minimum Gasteiger partial charge on any atom is -0.480 e. The van der Waals surface area contributed by atoms with Crippen LogP contribution in [-0.2, 0) is 9.53 Å². The van der Waals surface area contributed by atoms with Crippen molar-refractivity contribution >= 4 is 12.1 Å². The molecule has 0 radical (unpaired) electrons. The minimum atomic E-state index is -1.00. The molecule has 1 saturated carbocycles. The Kier molecular flexibility index (Phi) is 5.84. The average Bonchev–Trinajstić information content (AvgIpc) is 3.35. The summed E-state index contributed by atoms with van der Waals surface area (Å²) in [5.41, 5.74) is 4.60. The number of carboxylic acids is 1.